The number of hydrazine groups is 1. The molecule has 2 rings (SSSR count). The lowest BCUT2D eigenvalue weighted by atomic mass is 10.0. The van der Waals surface area contributed by atoms with Gasteiger partial charge in [-0.15, -0.1) is 0 Å². The van der Waals surface area contributed by atoms with E-state index in [9.17, 15) is 13.5 Å². The van der Waals surface area contributed by atoms with Gasteiger partial charge in [0.25, 0.3) is 0 Å². The summed E-state index contributed by atoms with van der Waals surface area (Å²) in [7, 11) is -3.68. The maximum atomic E-state index is 12.6. The van der Waals surface area contributed by atoms with Crippen molar-refractivity contribution in [3.63, 3.8) is 0 Å². The SMILES string of the molecule is CC(O)C1CCN(S(=O)(=O)c2cc(Br)cnc2NN)C1. The van der Waals surface area contributed by atoms with Gasteiger partial charge in [-0.3, -0.25) is 0 Å². The van der Waals surface area contributed by atoms with Crippen LogP contribution in [0.1, 0.15) is 13.3 Å². The summed E-state index contributed by atoms with van der Waals surface area (Å²) in [4.78, 5) is 3.98. The molecule has 2 heterocycles. The Balaban J connectivity index is 2.34. The molecule has 1 saturated heterocycles. The Labute approximate surface area is 126 Å². The van der Waals surface area contributed by atoms with E-state index in [0.717, 1.165) is 0 Å². The molecule has 2 unspecified atom stereocenters. The number of hydrogen-bond donors (Lipinski definition) is 3. The quantitative estimate of drug-likeness (QED) is 0.530. The van der Waals surface area contributed by atoms with Crippen LogP contribution in [0.3, 0.4) is 0 Å². The molecule has 0 spiro atoms. The molecule has 1 fully saturated rings. The smallest absolute Gasteiger partial charge is 0.246 e. The highest BCUT2D eigenvalue weighted by Crippen LogP contribution is 2.30. The first-order chi connectivity index (χ1) is 9.36. The number of nitrogens with two attached hydrogens (primary N) is 1. The average Bonchev–Trinajstić information content (AvgIpc) is 2.89. The van der Waals surface area contributed by atoms with E-state index in [4.69, 9.17) is 5.84 Å². The number of nitrogens with one attached hydrogen (secondary N) is 1. The fourth-order valence-electron chi connectivity index (χ4n) is 2.23. The van der Waals surface area contributed by atoms with Gasteiger partial charge in [0.2, 0.25) is 10.0 Å². The molecule has 0 radical (unpaired) electrons. The van der Waals surface area contributed by atoms with Crippen LogP contribution < -0.4 is 11.3 Å². The normalized spacial score (nSPS) is 21.9. The third-order valence-electron chi connectivity index (χ3n) is 3.44. The predicted octanol–water partition coefficient (Wildman–Crippen LogP) is 0.521. The minimum absolute atomic E-state index is 0.0283. The average molecular weight is 365 g/mol. The summed E-state index contributed by atoms with van der Waals surface area (Å²) in [5, 5.41) is 9.58. The molecule has 2 atom stereocenters. The van der Waals surface area contributed by atoms with Crippen molar-refractivity contribution in [1.29, 1.82) is 0 Å². The van der Waals surface area contributed by atoms with Crippen LogP contribution in [0.4, 0.5) is 5.82 Å². The number of anilines is 1. The van der Waals surface area contributed by atoms with E-state index in [1.807, 2.05) is 0 Å². The molecular formula is C11H17BrN4O3S. The van der Waals surface area contributed by atoms with E-state index in [2.05, 4.69) is 26.3 Å². The van der Waals surface area contributed by atoms with Crippen molar-refractivity contribution in [3.8, 4) is 0 Å². The molecule has 4 N–H and O–H groups in total. The van der Waals surface area contributed by atoms with E-state index < -0.39 is 16.1 Å². The van der Waals surface area contributed by atoms with Crippen LogP contribution >= 0.6 is 15.9 Å². The number of pyridine rings is 1. The van der Waals surface area contributed by atoms with Crippen molar-refractivity contribution in [1.82, 2.24) is 9.29 Å². The van der Waals surface area contributed by atoms with E-state index in [1.165, 1.54) is 16.6 Å². The Hall–Kier alpha value is -0.740. The third-order valence-corrected chi connectivity index (χ3v) is 5.76. The molecule has 0 aliphatic carbocycles. The van der Waals surface area contributed by atoms with Crippen LogP contribution in [-0.2, 0) is 10.0 Å². The lowest BCUT2D eigenvalue weighted by Gasteiger charge is -2.19. The molecule has 0 aromatic carbocycles. The summed E-state index contributed by atoms with van der Waals surface area (Å²) >= 11 is 3.21. The van der Waals surface area contributed by atoms with Crippen LogP contribution in [0, 0.1) is 5.92 Å². The zero-order valence-corrected chi connectivity index (χ0v) is 13.4. The van der Waals surface area contributed by atoms with Gasteiger partial charge in [0.1, 0.15) is 4.90 Å². The number of nitrogen functional groups attached to an aromatic ring is 1. The minimum atomic E-state index is -3.68. The number of aliphatic hydroxyl groups is 1. The number of sulfonamides is 1. The molecule has 1 aliphatic rings. The number of rotatable bonds is 4. The molecule has 1 aliphatic heterocycles. The van der Waals surface area contributed by atoms with E-state index in [0.29, 0.717) is 24.0 Å². The first-order valence-corrected chi connectivity index (χ1v) is 8.40. The Morgan fingerprint density at radius 2 is 2.35 bits per heavy atom. The van der Waals surface area contributed by atoms with Gasteiger partial charge in [0, 0.05) is 23.8 Å². The maximum Gasteiger partial charge on any atom is 0.246 e. The molecular weight excluding hydrogens is 348 g/mol. The van der Waals surface area contributed by atoms with Crippen molar-refractivity contribution < 1.29 is 13.5 Å². The summed E-state index contributed by atoms with van der Waals surface area (Å²) in [5.74, 6) is 5.38. The molecule has 1 aromatic rings. The fraction of sp³-hybridized carbons (Fsp3) is 0.545. The largest absolute Gasteiger partial charge is 0.393 e. The minimum Gasteiger partial charge on any atom is -0.393 e. The Bertz CT molecular complexity index is 593. The van der Waals surface area contributed by atoms with Crippen LogP contribution in [0.25, 0.3) is 0 Å². The van der Waals surface area contributed by atoms with Crippen molar-refractivity contribution in [2.75, 3.05) is 18.5 Å². The van der Waals surface area contributed by atoms with Crippen molar-refractivity contribution >= 4 is 31.8 Å². The van der Waals surface area contributed by atoms with Gasteiger partial charge in [-0.1, -0.05) is 0 Å². The van der Waals surface area contributed by atoms with Gasteiger partial charge in [-0.05, 0) is 41.3 Å². The summed E-state index contributed by atoms with van der Waals surface area (Å²) in [5.41, 5.74) is 2.30. The second-order valence-electron chi connectivity index (χ2n) is 4.80. The number of hydrogen-bond acceptors (Lipinski definition) is 6. The van der Waals surface area contributed by atoms with Crippen LogP contribution in [0.2, 0.25) is 0 Å². The molecule has 0 bridgehead atoms. The Morgan fingerprint density at radius 1 is 1.65 bits per heavy atom. The van der Waals surface area contributed by atoms with Crippen molar-refractivity contribution in [2.24, 2.45) is 11.8 Å². The van der Waals surface area contributed by atoms with Gasteiger partial charge >= 0.3 is 0 Å². The fourth-order valence-corrected chi connectivity index (χ4v) is 4.36. The molecule has 0 amide bonds. The van der Waals surface area contributed by atoms with Crippen molar-refractivity contribution in [2.45, 2.75) is 24.3 Å². The van der Waals surface area contributed by atoms with Gasteiger partial charge in [0.15, 0.2) is 5.82 Å². The number of aliphatic hydroxyl groups excluding tert-OH is 1. The molecule has 112 valence electrons. The van der Waals surface area contributed by atoms with Gasteiger partial charge in [-0.25, -0.2) is 19.2 Å². The molecule has 9 heteroatoms. The summed E-state index contributed by atoms with van der Waals surface area (Å²) in [6, 6.07) is 1.47. The predicted molar refractivity (Wildman–Crippen MR) is 78.3 cm³/mol. The number of nitrogens with zero attached hydrogens (tertiary/aromatic N) is 2. The van der Waals surface area contributed by atoms with Crippen molar-refractivity contribution in [3.05, 3.63) is 16.7 Å². The zero-order valence-electron chi connectivity index (χ0n) is 11.0. The second-order valence-corrected chi connectivity index (χ2v) is 7.62. The van der Waals surface area contributed by atoms with Gasteiger partial charge in [0.05, 0.1) is 6.10 Å². The van der Waals surface area contributed by atoms with E-state index in [1.54, 1.807) is 6.92 Å². The first kappa shape index (κ1) is 15.6. The lowest BCUT2D eigenvalue weighted by molar-refractivity contribution is 0.133. The molecule has 0 saturated carbocycles. The Morgan fingerprint density at radius 3 is 2.90 bits per heavy atom. The second kappa shape index (κ2) is 5.94. The van der Waals surface area contributed by atoms with Gasteiger partial charge < -0.3 is 10.5 Å². The monoisotopic (exact) mass is 364 g/mol. The highest BCUT2D eigenvalue weighted by atomic mass is 79.9. The van der Waals surface area contributed by atoms with E-state index >= 15 is 0 Å². The molecule has 1 aromatic heterocycles. The van der Waals surface area contributed by atoms with Crippen LogP contribution in [-0.4, -0.2) is 42.0 Å². The first-order valence-electron chi connectivity index (χ1n) is 6.16. The Kier molecular flexibility index (Phi) is 4.65. The topological polar surface area (TPSA) is 109 Å². The standard InChI is InChI=1S/C11H17BrN4O3S/c1-7(17)8-2-3-16(6-8)20(18,19)10-4-9(12)5-14-11(10)15-13/h4-5,7-8,17H,2-3,6,13H2,1H3,(H,14,15). The molecule has 7 nitrogen and oxygen atoms in total. The maximum absolute atomic E-state index is 12.6. The van der Waals surface area contributed by atoms with Crippen LogP contribution in [0.5, 0.6) is 0 Å². The summed E-state index contributed by atoms with van der Waals surface area (Å²) in [6.45, 7) is 2.36. The zero-order chi connectivity index (χ0) is 14.9. The number of halogens is 1. The highest BCUT2D eigenvalue weighted by molar-refractivity contribution is 9.10. The third kappa shape index (κ3) is 2.96. The van der Waals surface area contributed by atoms with E-state index in [-0.39, 0.29) is 16.6 Å². The summed E-state index contributed by atoms with van der Waals surface area (Å²) < 4.78 is 27.2. The molecule has 20 heavy (non-hydrogen) atoms. The van der Waals surface area contributed by atoms with Gasteiger partial charge in [-0.2, -0.15) is 4.31 Å². The summed E-state index contributed by atoms with van der Waals surface area (Å²) in [6.07, 6.45) is 1.59. The highest BCUT2D eigenvalue weighted by Gasteiger charge is 2.35. The van der Waals surface area contributed by atoms with Crippen LogP contribution in [0.15, 0.2) is 21.6 Å². The number of aromatic nitrogens is 1. The lowest BCUT2D eigenvalue weighted by Crippen LogP contribution is -2.31.